The average molecular weight is 460 g/mol. The molecule has 0 saturated heterocycles. The molecule has 0 spiro atoms. The van der Waals surface area contributed by atoms with E-state index in [2.05, 4.69) is 64.1 Å². The molecule has 0 bridgehead atoms. The summed E-state index contributed by atoms with van der Waals surface area (Å²) in [5, 5.41) is 0. The number of anilines is 1. The van der Waals surface area contributed by atoms with Gasteiger partial charge in [-0.05, 0) is 69.6 Å². The molecule has 1 aromatic carbocycles. The van der Waals surface area contributed by atoms with Gasteiger partial charge in [0.05, 0.1) is 12.8 Å². The average Bonchev–Trinajstić information content (AvgIpc) is 2.86. The first-order valence-electron chi connectivity index (χ1n) is 12.4. The molecule has 0 radical (unpaired) electrons. The van der Waals surface area contributed by atoms with Crippen LogP contribution in [0.3, 0.4) is 0 Å². The summed E-state index contributed by atoms with van der Waals surface area (Å²) >= 11 is 0. The van der Waals surface area contributed by atoms with Gasteiger partial charge in [0.1, 0.15) is 5.75 Å². The highest BCUT2D eigenvalue weighted by molar-refractivity contribution is 5.78. The van der Waals surface area contributed by atoms with Crippen LogP contribution in [0.4, 0.5) is 5.69 Å². The van der Waals surface area contributed by atoms with Crippen LogP contribution < -0.4 is 9.64 Å². The molecule has 0 aliphatic heterocycles. The normalized spacial score (nSPS) is 11.3. The number of hydrogen-bond acceptors (Lipinski definition) is 4. The van der Waals surface area contributed by atoms with E-state index in [0.29, 0.717) is 0 Å². The Balaban J connectivity index is 0. The van der Waals surface area contributed by atoms with Gasteiger partial charge in [0, 0.05) is 19.2 Å². The number of rotatable bonds is 8. The Hall–Kier alpha value is -2.49. The highest BCUT2D eigenvalue weighted by atomic mass is 16.6. The first kappa shape index (κ1) is 32.7. The Morgan fingerprint density at radius 1 is 1.12 bits per heavy atom. The molecule has 4 nitrogen and oxygen atoms in total. The van der Waals surface area contributed by atoms with Crippen LogP contribution in [0.1, 0.15) is 83.9 Å². The minimum absolute atomic E-state index is 0.0580. The Bertz CT molecular complexity index is 707. The molecule has 0 amide bonds. The van der Waals surface area contributed by atoms with Crippen molar-refractivity contribution in [1.82, 2.24) is 0 Å². The van der Waals surface area contributed by atoms with E-state index in [1.165, 1.54) is 36.8 Å². The molecule has 0 atom stereocenters. The standard InChI is InChI=1S/C20H29NO3.C4H8.C3H6.C2H6/c1-5-7-11-17-18(24-14-19(22)23-4)13-15-10-8-9-12-16(15)20(17)21(3)6-2;1-3-4-2;1-3-2;1-2/h7,11,13H,5-6,8-10,12,14H2,1-4H3;3H,1,4H2,2H3;3H,1H2,2H3;1-2H3/b11-7+;;;. The van der Waals surface area contributed by atoms with E-state index in [1.807, 2.05) is 26.8 Å². The summed E-state index contributed by atoms with van der Waals surface area (Å²) in [4.78, 5) is 13.8. The van der Waals surface area contributed by atoms with Crippen molar-refractivity contribution in [3.05, 3.63) is 54.1 Å². The lowest BCUT2D eigenvalue weighted by molar-refractivity contribution is -0.142. The Labute approximate surface area is 204 Å². The molecule has 0 fully saturated rings. The van der Waals surface area contributed by atoms with E-state index in [4.69, 9.17) is 9.47 Å². The number of hydrogen-bond donors (Lipinski definition) is 0. The van der Waals surface area contributed by atoms with E-state index >= 15 is 0 Å². The van der Waals surface area contributed by atoms with Gasteiger partial charge in [-0.2, -0.15) is 0 Å². The van der Waals surface area contributed by atoms with E-state index in [1.54, 1.807) is 6.08 Å². The third-order valence-corrected chi connectivity index (χ3v) is 4.86. The Kier molecular flexibility index (Phi) is 21.2. The summed E-state index contributed by atoms with van der Waals surface area (Å²) in [6.45, 7) is 19.9. The number of nitrogens with zero attached hydrogens (tertiary/aromatic N) is 1. The van der Waals surface area contributed by atoms with Crippen molar-refractivity contribution in [2.75, 3.05) is 32.2 Å². The van der Waals surface area contributed by atoms with Crippen molar-refractivity contribution >= 4 is 17.7 Å². The summed E-state index contributed by atoms with van der Waals surface area (Å²) in [7, 11) is 3.50. The zero-order valence-corrected chi connectivity index (χ0v) is 22.6. The summed E-state index contributed by atoms with van der Waals surface area (Å²) in [6, 6.07) is 2.12. The molecule has 1 aromatic rings. The van der Waals surface area contributed by atoms with Crippen LogP contribution in [0.2, 0.25) is 0 Å². The van der Waals surface area contributed by atoms with Crippen molar-refractivity contribution in [2.45, 2.75) is 80.1 Å². The molecule has 2 rings (SSSR count). The van der Waals surface area contributed by atoms with Gasteiger partial charge in [-0.15, -0.1) is 13.2 Å². The minimum atomic E-state index is -0.358. The van der Waals surface area contributed by atoms with Crippen LogP contribution in [0.15, 0.2) is 37.5 Å². The molecule has 1 aliphatic carbocycles. The number of benzene rings is 1. The second-order valence-corrected chi connectivity index (χ2v) is 7.28. The quantitative estimate of drug-likeness (QED) is 0.294. The van der Waals surface area contributed by atoms with Gasteiger partial charge in [-0.3, -0.25) is 0 Å². The first-order chi connectivity index (χ1) is 15.9. The predicted molar refractivity (Wildman–Crippen MR) is 147 cm³/mol. The van der Waals surface area contributed by atoms with Gasteiger partial charge in [0.2, 0.25) is 0 Å². The lowest BCUT2D eigenvalue weighted by atomic mass is 9.87. The zero-order chi connectivity index (χ0) is 25.6. The van der Waals surface area contributed by atoms with Crippen LogP contribution in [-0.4, -0.2) is 33.3 Å². The maximum atomic E-state index is 11.5. The number of esters is 1. The lowest BCUT2D eigenvalue weighted by Crippen LogP contribution is -2.22. The van der Waals surface area contributed by atoms with Gasteiger partial charge in [-0.25, -0.2) is 4.79 Å². The minimum Gasteiger partial charge on any atom is -0.481 e. The Morgan fingerprint density at radius 3 is 2.18 bits per heavy atom. The lowest BCUT2D eigenvalue weighted by Gasteiger charge is -2.29. The maximum absolute atomic E-state index is 11.5. The summed E-state index contributed by atoms with van der Waals surface area (Å²) < 4.78 is 10.5. The number of carbonyl (C=O) groups is 1. The third-order valence-electron chi connectivity index (χ3n) is 4.86. The SMILES string of the molecule is C=CC.C=CCC.CC.CC/C=C/c1c(OCC(=O)OC)cc2c(c1N(C)CC)CCCC2. The van der Waals surface area contributed by atoms with Crippen molar-refractivity contribution in [1.29, 1.82) is 0 Å². The highest BCUT2D eigenvalue weighted by Gasteiger charge is 2.22. The summed E-state index contributed by atoms with van der Waals surface area (Å²) in [5.74, 6) is 0.421. The van der Waals surface area contributed by atoms with Crippen molar-refractivity contribution in [2.24, 2.45) is 0 Å². The molecule has 4 heteroatoms. The van der Waals surface area contributed by atoms with Crippen LogP contribution >= 0.6 is 0 Å². The van der Waals surface area contributed by atoms with Crippen molar-refractivity contribution in [3.63, 3.8) is 0 Å². The van der Waals surface area contributed by atoms with Crippen LogP contribution in [0.25, 0.3) is 6.08 Å². The monoisotopic (exact) mass is 459 g/mol. The van der Waals surface area contributed by atoms with Crippen molar-refractivity contribution in [3.8, 4) is 5.75 Å². The van der Waals surface area contributed by atoms with Gasteiger partial charge in [0.25, 0.3) is 0 Å². The fourth-order valence-electron chi connectivity index (χ4n) is 3.18. The van der Waals surface area contributed by atoms with Gasteiger partial charge < -0.3 is 14.4 Å². The topological polar surface area (TPSA) is 38.8 Å². The van der Waals surface area contributed by atoms with E-state index < -0.39 is 0 Å². The van der Waals surface area contributed by atoms with Gasteiger partial charge >= 0.3 is 5.97 Å². The fraction of sp³-hybridized carbons (Fsp3) is 0.552. The molecule has 33 heavy (non-hydrogen) atoms. The predicted octanol–water partition coefficient (Wildman–Crippen LogP) is 7.80. The third kappa shape index (κ3) is 12.4. The molecule has 0 aromatic heterocycles. The van der Waals surface area contributed by atoms with Crippen LogP contribution in [0, 0.1) is 0 Å². The summed E-state index contributed by atoms with van der Waals surface area (Å²) in [6.07, 6.45) is 14.6. The first-order valence-corrected chi connectivity index (χ1v) is 12.4. The van der Waals surface area contributed by atoms with Crippen LogP contribution in [-0.2, 0) is 22.4 Å². The molecule has 1 aliphatic rings. The highest BCUT2D eigenvalue weighted by Crippen LogP contribution is 2.40. The van der Waals surface area contributed by atoms with Gasteiger partial charge in [-0.1, -0.05) is 52.0 Å². The second-order valence-electron chi connectivity index (χ2n) is 7.28. The summed E-state index contributed by atoms with van der Waals surface area (Å²) in [5.41, 5.74) is 5.11. The molecule has 0 heterocycles. The molecular weight excluding hydrogens is 410 g/mol. The van der Waals surface area contributed by atoms with Crippen molar-refractivity contribution < 1.29 is 14.3 Å². The molecular formula is C29H49NO3. The maximum Gasteiger partial charge on any atom is 0.343 e. The number of aryl methyl sites for hydroxylation is 1. The number of allylic oxidation sites excluding steroid dienone is 3. The molecule has 188 valence electrons. The number of fused-ring (bicyclic) bond motifs is 1. The van der Waals surface area contributed by atoms with Crippen LogP contribution in [0.5, 0.6) is 5.75 Å². The molecule has 0 unspecified atom stereocenters. The van der Waals surface area contributed by atoms with E-state index in [9.17, 15) is 4.79 Å². The second kappa shape index (κ2) is 21.4. The Morgan fingerprint density at radius 2 is 1.70 bits per heavy atom. The molecule has 0 N–H and O–H groups in total. The smallest absolute Gasteiger partial charge is 0.343 e. The van der Waals surface area contributed by atoms with Gasteiger partial charge in [0.15, 0.2) is 6.61 Å². The number of ether oxygens (including phenoxy) is 2. The number of methoxy groups -OCH3 is 1. The molecule has 0 saturated carbocycles. The number of carbonyl (C=O) groups excluding carboxylic acids is 1. The largest absolute Gasteiger partial charge is 0.481 e. The van der Waals surface area contributed by atoms with E-state index in [0.717, 1.165) is 43.5 Å². The van der Waals surface area contributed by atoms with E-state index in [-0.39, 0.29) is 12.6 Å². The fourth-order valence-corrected chi connectivity index (χ4v) is 3.18. The zero-order valence-electron chi connectivity index (χ0n) is 22.6.